The van der Waals surface area contributed by atoms with Crippen LogP contribution in [-0.4, -0.2) is 44.1 Å². The molecule has 0 amide bonds. The highest BCUT2D eigenvalue weighted by Gasteiger charge is 2.03. The van der Waals surface area contributed by atoms with E-state index in [9.17, 15) is 0 Å². The molecule has 0 radical (unpaired) electrons. The summed E-state index contributed by atoms with van der Waals surface area (Å²) in [5.74, 6) is 0.898. The van der Waals surface area contributed by atoms with Crippen LogP contribution in [0, 0.1) is 0 Å². The summed E-state index contributed by atoms with van der Waals surface area (Å²) in [6.07, 6.45) is 2.20. The fraction of sp³-hybridized carbons (Fsp3) is 0.588. The number of halogens is 1. The van der Waals surface area contributed by atoms with Crippen LogP contribution in [-0.2, 0) is 6.54 Å². The van der Waals surface area contributed by atoms with Crippen molar-refractivity contribution in [3.63, 3.8) is 0 Å². The molecule has 22 heavy (non-hydrogen) atoms. The van der Waals surface area contributed by atoms with Gasteiger partial charge in [-0.15, -0.1) is 24.0 Å². The first-order chi connectivity index (χ1) is 10.2. The smallest absolute Gasteiger partial charge is 0.191 e. The molecule has 5 heteroatoms. The molecule has 1 atom stereocenters. The van der Waals surface area contributed by atoms with E-state index in [2.05, 4.69) is 71.8 Å². The second kappa shape index (κ2) is 12.7. The van der Waals surface area contributed by atoms with E-state index >= 15 is 0 Å². The van der Waals surface area contributed by atoms with Crippen molar-refractivity contribution in [2.45, 2.75) is 39.3 Å². The minimum absolute atomic E-state index is 0. The molecule has 0 saturated carbocycles. The van der Waals surface area contributed by atoms with E-state index in [-0.39, 0.29) is 24.0 Å². The molecule has 0 aliphatic carbocycles. The summed E-state index contributed by atoms with van der Waals surface area (Å²) in [7, 11) is 3.98. The standard InChI is InChI=1S/C17H30N4.HI/c1-5-15(2)20-17(18-3)19-12-9-13-21(4)14-16-10-7-6-8-11-16;/h6-8,10-11,15H,5,9,12-14H2,1-4H3,(H2,18,19,20);1H. The number of rotatable bonds is 8. The zero-order chi connectivity index (χ0) is 15.5. The number of nitrogens with zero attached hydrogens (tertiary/aromatic N) is 2. The van der Waals surface area contributed by atoms with Gasteiger partial charge in [-0.05, 0) is 38.9 Å². The molecular formula is C17H31IN4. The highest BCUT2D eigenvalue weighted by Crippen LogP contribution is 2.02. The van der Waals surface area contributed by atoms with E-state index in [0.717, 1.165) is 38.4 Å². The third-order valence-corrected chi connectivity index (χ3v) is 3.52. The second-order valence-corrected chi connectivity index (χ2v) is 5.53. The van der Waals surface area contributed by atoms with Gasteiger partial charge in [0.15, 0.2) is 5.96 Å². The predicted octanol–water partition coefficient (Wildman–Crippen LogP) is 3.09. The predicted molar refractivity (Wildman–Crippen MR) is 107 cm³/mol. The van der Waals surface area contributed by atoms with Crippen molar-refractivity contribution in [2.24, 2.45) is 4.99 Å². The molecule has 0 saturated heterocycles. The Bertz CT molecular complexity index is 408. The summed E-state index contributed by atoms with van der Waals surface area (Å²) in [4.78, 5) is 6.59. The van der Waals surface area contributed by atoms with Crippen LogP contribution in [0.1, 0.15) is 32.3 Å². The molecule has 0 heterocycles. The summed E-state index contributed by atoms with van der Waals surface area (Å²) >= 11 is 0. The summed E-state index contributed by atoms with van der Waals surface area (Å²) in [5, 5.41) is 6.74. The van der Waals surface area contributed by atoms with E-state index in [1.807, 2.05) is 7.05 Å². The number of hydrogen-bond donors (Lipinski definition) is 2. The largest absolute Gasteiger partial charge is 0.356 e. The Morgan fingerprint density at radius 3 is 2.55 bits per heavy atom. The third kappa shape index (κ3) is 9.25. The molecule has 126 valence electrons. The Hall–Kier alpha value is -0.820. The maximum absolute atomic E-state index is 4.24. The number of nitrogens with one attached hydrogen (secondary N) is 2. The average molecular weight is 418 g/mol. The molecule has 1 aromatic rings. The molecule has 0 aromatic heterocycles. The van der Waals surface area contributed by atoms with Gasteiger partial charge in [-0.3, -0.25) is 4.99 Å². The van der Waals surface area contributed by atoms with Gasteiger partial charge in [-0.2, -0.15) is 0 Å². The zero-order valence-corrected chi connectivity index (χ0v) is 16.6. The number of benzene rings is 1. The molecule has 0 bridgehead atoms. The lowest BCUT2D eigenvalue weighted by atomic mass is 10.2. The van der Waals surface area contributed by atoms with Gasteiger partial charge in [0.1, 0.15) is 0 Å². The van der Waals surface area contributed by atoms with E-state index in [1.54, 1.807) is 0 Å². The number of aliphatic imine (C=N–C) groups is 1. The topological polar surface area (TPSA) is 39.7 Å². The molecule has 1 aromatic carbocycles. The summed E-state index contributed by atoms with van der Waals surface area (Å²) in [5.41, 5.74) is 1.36. The molecule has 1 rings (SSSR count). The van der Waals surface area contributed by atoms with Crippen LogP contribution in [0.5, 0.6) is 0 Å². The monoisotopic (exact) mass is 418 g/mol. The molecule has 0 fully saturated rings. The Morgan fingerprint density at radius 1 is 1.27 bits per heavy atom. The first kappa shape index (κ1) is 21.2. The minimum atomic E-state index is 0. The summed E-state index contributed by atoms with van der Waals surface area (Å²) in [6, 6.07) is 11.0. The Kier molecular flexibility index (Phi) is 12.2. The van der Waals surface area contributed by atoms with Crippen LogP contribution < -0.4 is 10.6 Å². The average Bonchev–Trinajstić information content (AvgIpc) is 2.51. The van der Waals surface area contributed by atoms with Crippen molar-refractivity contribution in [3.05, 3.63) is 35.9 Å². The van der Waals surface area contributed by atoms with E-state index < -0.39 is 0 Å². The summed E-state index contributed by atoms with van der Waals surface area (Å²) in [6.45, 7) is 7.35. The molecule has 0 spiro atoms. The van der Waals surface area contributed by atoms with Crippen molar-refractivity contribution in [1.29, 1.82) is 0 Å². The normalized spacial score (nSPS) is 12.7. The molecule has 1 unspecified atom stereocenters. The van der Waals surface area contributed by atoms with Gasteiger partial charge >= 0.3 is 0 Å². The highest BCUT2D eigenvalue weighted by molar-refractivity contribution is 14.0. The van der Waals surface area contributed by atoms with Crippen molar-refractivity contribution >= 4 is 29.9 Å². The van der Waals surface area contributed by atoms with E-state index in [1.165, 1.54) is 5.56 Å². The lowest BCUT2D eigenvalue weighted by Crippen LogP contribution is -2.42. The number of hydrogen-bond acceptors (Lipinski definition) is 2. The Balaban J connectivity index is 0.00000441. The lowest BCUT2D eigenvalue weighted by Gasteiger charge is -2.19. The quantitative estimate of drug-likeness (QED) is 0.295. The van der Waals surface area contributed by atoms with Crippen molar-refractivity contribution in [1.82, 2.24) is 15.5 Å². The van der Waals surface area contributed by atoms with Crippen LogP contribution in [0.15, 0.2) is 35.3 Å². The maximum atomic E-state index is 4.24. The van der Waals surface area contributed by atoms with Crippen LogP contribution in [0.2, 0.25) is 0 Å². The van der Waals surface area contributed by atoms with Gasteiger partial charge in [-0.25, -0.2) is 0 Å². The fourth-order valence-corrected chi connectivity index (χ4v) is 2.06. The molecule has 2 N–H and O–H groups in total. The van der Waals surface area contributed by atoms with E-state index in [4.69, 9.17) is 0 Å². The van der Waals surface area contributed by atoms with Gasteiger partial charge in [0, 0.05) is 26.2 Å². The molecule has 0 aliphatic heterocycles. The Labute approximate surface area is 152 Å². The highest BCUT2D eigenvalue weighted by atomic mass is 127. The molecule has 4 nitrogen and oxygen atoms in total. The first-order valence-electron chi connectivity index (χ1n) is 7.85. The van der Waals surface area contributed by atoms with Crippen LogP contribution in [0.3, 0.4) is 0 Å². The fourth-order valence-electron chi connectivity index (χ4n) is 2.06. The summed E-state index contributed by atoms with van der Waals surface area (Å²) < 4.78 is 0. The maximum Gasteiger partial charge on any atom is 0.191 e. The van der Waals surface area contributed by atoms with Crippen LogP contribution >= 0.6 is 24.0 Å². The Morgan fingerprint density at radius 2 is 1.95 bits per heavy atom. The molecule has 0 aliphatic rings. The van der Waals surface area contributed by atoms with Gasteiger partial charge in [-0.1, -0.05) is 37.3 Å². The van der Waals surface area contributed by atoms with Crippen molar-refractivity contribution in [3.8, 4) is 0 Å². The van der Waals surface area contributed by atoms with Crippen molar-refractivity contribution in [2.75, 3.05) is 27.2 Å². The van der Waals surface area contributed by atoms with Crippen LogP contribution in [0.4, 0.5) is 0 Å². The number of guanidine groups is 1. The lowest BCUT2D eigenvalue weighted by molar-refractivity contribution is 0.322. The van der Waals surface area contributed by atoms with Gasteiger partial charge in [0.05, 0.1) is 0 Å². The first-order valence-corrected chi connectivity index (χ1v) is 7.85. The zero-order valence-electron chi connectivity index (χ0n) is 14.3. The van der Waals surface area contributed by atoms with Gasteiger partial charge < -0.3 is 15.5 Å². The SMILES string of the molecule is CCC(C)NC(=NC)NCCCN(C)Cc1ccccc1.I. The van der Waals surface area contributed by atoms with E-state index in [0.29, 0.717) is 6.04 Å². The van der Waals surface area contributed by atoms with Gasteiger partial charge in [0.25, 0.3) is 0 Å². The molecular weight excluding hydrogens is 387 g/mol. The van der Waals surface area contributed by atoms with Gasteiger partial charge in [0.2, 0.25) is 0 Å². The van der Waals surface area contributed by atoms with Crippen LogP contribution in [0.25, 0.3) is 0 Å². The third-order valence-electron chi connectivity index (χ3n) is 3.52. The van der Waals surface area contributed by atoms with Crippen molar-refractivity contribution < 1.29 is 0 Å². The minimum Gasteiger partial charge on any atom is -0.356 e. The second-order valence-electron chi connectivity index (χ2n) is 5.53.